The third-order valence-electron chi connectivity index (χ3n) is 3.54. The van der Waals surface area contributed by atoms with Crippen LogP contribution in [-0.2, 0) is 0 Å². The van der Waals surface area contributed by atoms with Gasteiger partial charge in [0, 0.05) is 13.1 Å². The second-order valence-electron chi connectivity index (χ2n) is 5.76. The van der Waals surface area contributed by atoms with Gasteiger partial charge in [0.25, 0.3) is 5.91 Å². The molecule has 4 nitrogen and oxygen atoms in total. The van der Waals surface area contributed by atoms with Crippen LogP contribution in [0.25, 0.3) is 0 Å². The second kappa shape index (κ2) is 5.57. The third kappa shape index (κ3) is 3.23. The minimum Gasteiger partial charge on any atom is -0.338 e. The average Bonchev–Trinajstić information content (AvgIpc) is 2.34. The van der Waals surface area contributed by atoms with Crippen molar-refractivity contribution in [2.45, 2.75) is 33.7 Å². The third-order valence-corrected chi connectivity index (χ3v) is 3.54. The molecular weight excluding hydrogens is 245 g/mol. The Bertz CT molecular complexity index is 468. The Labute approximate surface area is 113 Å². The predicted octanol–water partition coefficient (Wildman–Crippen LogP) is 2.62. The predicted molar refractivity (Wildman–Crippen MR) is 75.2 cm³/mol. The zero-order chi connectivity index (χ0) is 14.8. The molecule has 1 unspecified atom stereocenters. The summed E-state index contributed by atoms with van der Waals surface area (Å²) < 4.78 is 13.6. The van der Waals surface area contributed by atoms with Crippen molar-refractivity contribution in [3.05, 3.63) is 29.6 Å². The Kier molecular flexibility index (Phi) is 4.52. The molecule has 0 aliphatic heterocycles. The molecule has 1 aromatic rings. The summed E-state index contributed by atoms with van der Waals surface area (Å²) in [4.78, 5) is 14.0. The van der Waals surface area contributed by atoms with E-state index in [1.807, 2.05) is 6.92 Å². The summed E-state index contributed by atoms with van der Waals surface area (Å²) in [6.45, 7) is 8.12. The molecule has 106 valence electrons. The fourth-order valence-corrected chi connectivity index (χ4v) is 1.80. The molecule has 0 aliphatic rings. The number of carbonyl (C=O) groups excluding carboxylic acids is 1. The summed E-state index contributed by atoms with van der Waals surface area (Å²) in [6, 6.07) is 4.33. The number of anilines is 1. The Balaban J connectivity index is 3.11. The summed E-state index contributed by atoms with van der Waals surface area (Å²) in [5.74, 6) is 4.50. The van der Waals surface area contributed by atoms with Gasteiger partial charge in [-0.15, -0.1) is 0 Å². The first-order chi connectivity index (χ1) is 8.70. The maximum absolute atomic E-state index is 13.6. The van der Waals surface area contributed by atoms with Crippen LogP contribution in [0.2, 0.25) is 0 Å². The van der Waals surface area contributed by atoms with E-state index in [1.54, 1.807) is 18.0 Å². The molecule has 0 radical (unpaired) electrons. The van der Waals surface area contributed by atoms with Gasteiger partial charge in [-0.3, -0.25) is 10.6 Å². The van der Waals surface area contributed by atoms with Crippen LogP contribution in [0.5, 0.6) is 0 Å². The van der Waals surface area contributed by atoms with Crippen molar-refractivity contribution < 1.29 is 9.18 Å². The number of nitrogens with two attached hydrogens (primary N) is 1. The lowest BCUT2D eigenvalue weighted by Crippen LogP contribution is -2.43. The highest BCUT2D eigenvalue weighted by molar-refractivity contribution is 5.99. The number of hydrogen-bond donors (Lipinski definition) is 2. The van der Waals surface area contributed by atoms with Crippen LogP contribution in [-0.4, -0.2) is 23.9 Å². The van der Waals surface area contributed by atoms with E-state index in [-0.39, 0.29) is 28.6 Å². The Morgan fingerprint density at radius 2 is 2.00 bits per heavy atom. The van der Waals surface area contributed by atoms with Crippen LogP contribution >= 0.6 is 0 Å². The second-order valence-corrected chi connectivity index (χ2v) is 5.76. The summed E-state index contributed by atoms with van der Waals surface area (Å²) in [6.07, 6.45) is 0. The minimum absolute atomic E-state index is 0.00823. The van der Waals surface area contributed by atoms with E-state index in [4.69, 9.17) is 5.84 Å². The van der Waals surface area contributed by atoms with Crippen LogP contribution in [0.15, 0.2) is 18.2 Å². The van der Waals surface area contributed by atoms with Crippen LogP contribution < -0.4 is 11.3 Å². The van der Waals surface area contributed by atoms with E-state index >= 15 is 0 Å². The first kappa shape index (κ1) is 15.4. The number of para-hydroxylation sites is 1. The molecule has 0 bridgehead atoms. The molecule has 5 heteroatoms. The molecule has 1 rings (SSSR count). The topological polar surface area (TPSA) is 58.4 Å². The van der Waals surface area contributed by atoms with Crippen molar-refractivity contribution in [3.8, 4) is 0 Å². The molecule has 0 saturated heterocycles. The molecule has 0 saturated carbocycles. The monoisotopic (exact) mass is 267 g/mol. The fraction of sp³-hybridized carbons (Fsp3) is 0.500. The summed E-state index contributed by atoms with van der Waals surface area (Å²) in [7, 11) is 1.71. The van der Waals surface area contributed by atoms with E-state index in [2.05, 4.69) is 26.2 Å². The molecular formula is C14H22FN3O. The Morgan fingerprint density at radius 3 is 2.47 bits per heavy atom. The van der Waals surface area contributed by atoms with E-state index in [1.165, 1.54) is 12.1 Å². The van der Waals surface area contributed by atoms with Crippen molar-refractivity contribution in [3.63, 3.8) is 0 Å². The SMILES string of the molecule is CC(N(C)C(=O)c1cccc(F)c1NN)C(C)(C)C. The zero-order valence-electron chi connectivity index (χ0n) is 12.1. The van der Waals surface area contributed by atoms with Crippen molar-refractivity contribution >= 4 is 11.6 Å². The first-order valence-corrected chi connectivity index (χ1v) is 6.22. The van der Waals surface area contributed by atoms with E-state index < -0.39 is 5.82 Å². The van der Waals surface area contributed by atoms with Crippen molar-refractivity contribution in [2.24, 2.45) is 11.3 Å². The van der Waals surface area contributed by atoms with E-state index in [0.29, 0.717) is 0 Å². The number of carbonyl (C=O) groups is 1. The van der Waals surface area contributed by atoms with Crippen LogP contribution in [0.4, 0.5) is 10.1 Å². The average molecular weight is 267 g/mol. The number of nitrogen functional groups attached to an aromatic ring is 1. The minimum atomic E-state index is -0.537. The van der Waals surface area contributed by atoms with Crippen molar-refractivity contribution in [1.82, 2.24) is 4.90 Å². The molecule has 0 fully saturated rings. The van der Waals surface area contributed by atoms with Gasteiger partial charge in [0.1, 0.15) is 5.82 Å². The summed E-state index contributed by atoms with van der Waals surface area (Å²) in [5, 5.41) is 0. The Morgan fingerprint density at radius 1 is 1.42 bits per heavy atom. The standard InChI is InChI=1S/C14H22FN3O/c1-9(14(2,3)4)18(5)13(19)10-7-6-8-11(15)12(10)17-16/h6-9,17H,16H2,1-5H3. The number of amides is 1. The fourth-order valence-electron chi connectivity index (χ4n) is 1.80. The summed E-state index contributed by atoms with van der Waals surface area (Å²) in [5.41, 5.74) is 2.46. The van der Waals surface area contributed by atoms with Gasteiger partial charge in [-0.1, -0.05) is 26.8 Å². The van der Waals surface area contributed by atoms with Crippen molar-refractivity contribution in [2.75, 3.05) is 12.5 Å². The van der Waals surface area contributed by atoms with Gasteiger partial charge >= 0.3 is 0 Å². The number of rotatable bonds is 3. The van der Waals surface area contributed by atoms with Gasteiger partial charge < -0.3 is 10.3 Å². The lowest BCUT2D eigenvalue weighted by atomic mass is 9.87. The normalized spacial score (nSPS) is 13.0. The molecule has 3 N–H and O–H groups in total. The Hall–Kier alpha value is -1.62. The van der Waals surface area contributed by atoms with Crippen molar-refractivity contribution in [1.29, 1.82) is 0 Å². The number of nitrogens with one attached hydrogen (secondary N) is 1. The molecule has 0 aromatic heterocycles. The molecule has 19 heavy (non-hydrogen) atoms. The quantitative estimate of drug-likeness (QED) is 0.654. The smallest absolute Gasteiger partial charge is 0.256 e. The number of benzene rings is 1. The van der Waals surface area contributed by atoms with Gasteiger partial charge in [0.2, 0.25) is 0 Å². The van der Waals surface area contributed by atoms with E-state index in [9.17, 15) is 9.18 Å². The molecule has 0 aliphatic carbocycles. The molecule has 1 aromatic carbocycles. The maximum atomic E-state index is 13.6. The number of nitrogens with zero attached hydrogens (tertiary/aromatic N) is 1. The number of halogens is 1. The van der Waals surface area contributed by atoms with Gasteiger partial charge in [-0.05, 0) is 24.5 Å². The maximum Gasteiger partial charge on any atom is 0.256 e. The molecule has 0 spiro atoms. The lowest BCUT2D eigenvalue weighted by Gasteiger charge is -2.35. The zero-order valence-corrected chi connectivity index (χ0v) is 12.1. The van der Waals surface area contributed by atoms with Crippen LogP contribution in [0, 0.1) is 11.2 Å². The van der Waals surface area contributed by atoms with E-state index in [0.717, 1.165) is 0 Å². The number of hydrazine groups is 1. The highest BCUT2D eigenvalue weighted by atomic mass is 19.1. The van der Waals surface area contributed by atoms with Gasteiger partial charge in [-0.2, -0.15) is 0 Å². The highest BCUT2D eigenvalue weighted by Crippen LogP contribution is 2.26. The van der Waals surface area contributed by atoms with Crippen LogP contribution in [0.1, 0.15) is 38.1 Å². The molecule has 0 heterocycles. The van der Waals surface area contributed by atoms with Gasteiger partial charge in [-0.25, -0.2) is 4.39 Å². The lowest BCUT2D eigenvalue weighted by molar-refractivity contribution is 0.0630. The highest BCUT2D eigenvalue weighted by Gasteiger charge is 2.29. The molecule has 1 atom stereocenters. The number of hydrogen-bond acceptors (Lipinski definition) is 3. The van der Waals surface area contributed by atoms with Gasteiger partial charge in [0.15, 0.2) is 0 Å². The van der Waals surface area contributed by atoms with Gasteiger partial charge in [0.05, 0.1) is 11.3 Å². The largest absolute Gasteiger partial charge is 0.338 e. The molecule has 1 amide bonds. The first-order valence-electron chi connectivity index (χ1n) is 6.22. The van der Waals surface area contributed by atoms with Crippen LogP contribution in [0.3, 0.4) is 0 Å². The summed E-state index contributed by atoms with van der Waals surface area (Å²) >= 11 is 0.